The number of hydrogen-bond acceptors (Lipinski definition) is 3. The van der Waals surface area contributed by atoms with Crippen LogP contribution in [-0.4, -0.2) is 10.9 Å². The topological polar surface area (TPSA) is 61.1 Å². The number of Topliss-reactive ketones (excluding diaryl/α,β-unsaturated/α-hetero) is 1. The lowest BCUT2D eigenvalue weighted by Gasteiger charge is -2.27. The minimum atomic E-state index is -0.518. The van der Waals surface area contributed by atoms with Crippen molar-refractivity contribution < 1.29 is 9.90 Å². The molecular weight excluding hydrogens is 346 g/mol. The Bertz CT molecular complexity index is 949. The average molecular weight is 376 g/mol. The summed E-state index contributed by atoms with van der Waals surface area (Å²) < 4.78 is 0. The van der Waals surface area contributed by atoms with Gasteiger partial charge in [-0.1, -0.05) is 36.9 Å². The predicted molar refractivity (Wildman–Crippen MR) is 116 cm³/mol. The summed E-state index contributed by atoms with van der Waals surface area (Å²) in [6.07, 6.45) is 3.61. The van der Waals surface area contributed by atoms with E-state index in [2.05, 4.69) is 19.2 Å². The fourth-order valence-electron chi connectivity index (χ4n) is 3.37. The Balaban J connectivity index is 4.10. The van der Waals surface area contributed by atoms with Crippen LogP contribution >= 0.6 is 0 Å². The van der Waals surface area contributed by atoms with Crippen LogP contribution in [0.15, 0.2) is 77.1 Å². The zero-order chi connectivity index (χ0) is 21.6. The van der Waals surface area contributed by atoms with Gasteiger partial charge in [0.25, 0.3) is 0 Å². The third-order valence-electron chi connectivity index (χ3n) is 5.14. The summed E-state index contributed by atoms with van der Waals surface area (Å²) in [7, 11) is 0. The molecule has 0 heterocycles. The number of aliphatic hydroxyl groups is 1. The number of ketones is 1. The van der Waals surface area contributed by atoms with Crippen LogP contribution in [-0.2, 0) is 4.79 Å². The third kappa shape index (κ3) is 4.78. The van der Waals surface area contributed by atoms with Crippen molar-refractivity contribution in [2.24, 2.45) is 0 Å². The normalized spacial score (nSPS) is 14.4. The van der Waals surface area contributed by atoms with E-state index in [1.807, 2.05) is 46.8 Å². The Labute approximate surface area is 168 Å². The van der Waals surface area contributed by atoms with Crippen LogP contribution in [0.1, 0.15) is 57.2 Å². The number of carbonyl (C=O) groups is 1. The van der Waals surface area contributed by atoms with E-state index in [9.17, 15) is 15.2 Å². The molecule has 3 nitrogen and oxygen atoms in total. The highest BCUT2D eigenvalue weighted by atomic mass is 16.3. The van der Waals surface area contributed by atoms with Gasteiger partial charge in [-0.3, -0.25) is 4.79 Å². The highest BCUT2D eigenvalue weighted by Crippen LogP contribution is 2.41. The molecule has 1 aromatic carbocycles. The number of carbonyl (C=O) groups excluding carboxylic acids is 1. The zero-order valence-electron chi connectivity index (χ0n) is 17.7. The van der Waals surface area contributed by atoms with Crippen LogP contribution in [0.3, 0.4) is 0 Å². The van der Waals surface area contributed by atoms with Gasteiger partial charge in [-0.2, -0.15) is 5.26 Å². The van der Waals surface area contributed by atoms with E-state index >= 15 is 0 Å². The predicted octanol–water partition coefficient (Wildman–Crippen LogP) is 6.40. The van der Waals surface area contributed by atoms with E-state index < -0.39 is 5.92 Å². The molecule has 3 heteroatoms. The van der Waals surface area contributed by atoms with Gasteiger partial charge in [-0.25, -0.2) is 0 Å². The monoisotopic (exact) mass is 375 g/mol. The second kappa shape index (κ2) is 9.71. The molecule has 146 valence electrons. The first-order valence-electron chi connectivity index (χ1n) is 9.17. The first kappa shape index (κ1) is 22.9. The summed E-state index contributed by atoms with van der Waals surface area (Å²) in [4.78, 5) is 12.7. The molecule has 0 aromatic heterocycles. The summed E-state index contributed by atoms with van der Waals surface area (Å²) in [5, 5.41) is 19.8. The molecule has 0 bridgehead atoms. The lowest BCUT2D eigenvalue weighted by atomic mass is 9.76. The molecular formula is C25H29NO2. The Hall–Kier alpha value is -3.12. The number of rotatable bonds is 7. The maximum absolute atomic E-state index is 12.7. The first-order chi connectivity index (χ1) is 13.1. The SMILES string of the molecule is C=C/C(C)=C(/C(C)=O)[C@H](/C(C(=C)O)=C(C)/C(C)=C\C)c1ccc(C#N)cc1C. The molecule has 0 saturated heterocycles. The van der Waals surface area contributed by atoms with Crippen LogP contribution in [0.2, 0.25) is 0 Å². The molecule has 0 aliphatic heterocycles. The minimum absolute atomic E-state index is 0.0805. The quantitative estimate of drug-likeness (QED) is 0.341. The summed E-state index contributed by atoms with van der Waals surface area (Å²) in [5.74, 6) is -0.699. The number of nitriles is 1. The Morgan fingerprint density at radius 3 is 2.21 bits per heavy atom. The molecule has 0 fully saturated rings. The van der Waals surface area contributed by atoms with Crippen molar-refractivity contribution in [3.63, 3.8) is 0 Å². The van der Waals surface area contributed by atoms with Gasteiger partial charge in [0.1, 0.15) is 5.76 Å². The average Bonchev–Trinajstić information content (AvgIpc) is 2.65. The van der Waals surface area contributed by atoms with Gasteiger partial charge >= 0.3 is 0 Å². The van der Waals surface area contributed by atoms with Crippen molar-refractivity contribution in [1.29, 1.82) is 5.26 Å². The van der Waals surface area contributed by atoms with Crippen molar-refractivity contribution in [2.75, 3.05) is 0 Å². The highest BCUT2D eigenvalue weighted by Gasteiger charge is 2.30. The molecule has 1 N–H and O–H groups in total. The van der Waals surface area contributed by atoms with E-state index in [4.69, 9.17) is 0 Å². The molecule has 28 heavy (non-hydrogen) atoms. The number of allylic oxidation sites excluding steroid dienone is 7. The molecule has 1 atom stereocenters. The van der Waals surface area contributed by atoms with Gasteiger partial charge in [0.15, 0.2) is 5.78 Å². The van der Waals surface area contributed by atoms with Gasteiger partial charge in [0, 0.05) is 17.1 Å². The van der Waals surface area contributed by atoms with E-state index in [-0.39, 0.29) is 11.5 Å². The van der Waals surface area contributed by atoms with Crippen LogP contribution in [0.4, 0.5) is 0 Å². The molecule has 0 amide bonds. The summed E-state index contributed by atoms with van der Waals surface area (Å²) in [5.41, 5.74) is 5.99. The highest BCUT2D eigenvalue weighted by molar-refractivity contribution is 5.97. The zero-order valence-corrected chi connectivity index (χ0v) is 17.7. The van der Waals surface area contributed by atoms with Crippen LogP contribution in [0.25, 0.3) is 0 Å². The minimum Gasteiger partial charge on any atom is -0.508 e. The largest absolute Gasteiger partial charge is 0.508 e. The molecule has 0 aliphatic carbocycles. The molecule has 1 aromatic rings. The third-order valence-corrected chi connectivity index (χ3v) is 5.14. The lowest BCUT2D eigenvalue weighted by molar-refractivity contribution is -0.113. The fourth-order valence-corrected chi connectivity index (χ4v) is 3.37. The molecule has 0 unspecified atom stereocenters. The van der Waals surface area contributed by atoms with E-state index in [0.29, 0.717) is 16.7 Å². The standard InChI is InChI=1S/C25H29NO2/c1-9-15(3)18(6)24(20(8)28)25(23(19(7)27)16(4)10-2)22-12-11-21(14-26)13-17(22)5/h9-13,25,28H,2,8H2,1,3-7H3/b15-9-,23-16-,24-18+/t25-/m1/s1. The number of aliphatic hydroxyl groups excluding tert-OH is 1. The first-order valence-corrected chi connectivity index (χ1v) is 9.17. The van der Waals surface area contributed by atoms with Crippen molar-refractivity contribution in [3.8, 4) is 6.07 Å². The van der Waals surface area contributed by atoms with Crippen LogP contribution < -0.4 is 0 Å². The fraction of sp³-hybridized carbons (Fsp3) is 0.280. The smallest absolute Gasteiger partial charge is 0.157 e. The van der Waals surface area contributed by atoms with Gasteiger partial charge in [0.2, 0.25) is 0 Å². The van der Waals surface area contributed by atoms with Gasteiger partial charge in [0.05, 0.1) is 11.6 Å². The van der Waals surface area contributed by atoms with E-state index in [0.717, 1.165) is 27.8 Å². The van der Waals surface area contributed by atoms with Crippen LogP contribution in [0.5, 0.6) is 0 Å². The van der Waals surface area contributed by atoms with E-state index in [1.54, 1.807) is 18.2 Å². The maximum atomic E-state index is 12.7. The molecule has 1 rings (SSSR count). The summed E-state index contributed by atoms with van der Waals surface area (Å²) in [6, 6.07) is 7.50. The number of hydrogen-bond donors (Lipinski definition) is 1. The maximum Gasteiger partial charge on any atom is 0.157 e. The van der Waals surface area contributed by atoms with Crippen molar-refractivity contribution in [2.45, 2.75) is 47.5 Å². The van der Waals surface area contributed by atoms with Crippen molar-refractivity contribution in [3.05, 3.63) is 93.8 Å². The Morgan fingerprint density at radius 1 is 1.21 bits per heavy atom. The van der Waals surface area contributed by atoms with E-state index in [1.165, 1.54) is 6.92 Å². The molecule has 0 radical (unpaired) electrons. The number of nitrogens with zero attached hydrogens (tertiary/aromatic N) is 1. The van der Waals surface area contributed by atoms with Gasteiger partial charge < -0.3 is 5.11 Å². The number of aryl methyl sites for hydroxylation is 1. The second-order valence-electron chi connectivity index (χ2n) is 6.93. The van der Waals surface area contributed by atoms with Crippen molar-refractivity contribution in [1.82, 2.24) is 0 Å². The number of benzene rings is 1. The summed E-state index contributed by atoms with van der Waals surface area (Å²) >= 11 is 0. The van der Waals surface area contributed by atoms with Crippen LogP contribution in [0, 0.1) is 18.3 Å². The summed E-state index contributed by atoms with van der Waals surface area (Å²) in [6.45, 7) is 18.7. The van der Waals surface area contributed by atoms with Gasteiger partial charge in [-0.05, 0) is 75.9 Å². The molecule has 0 spiro atoms. The Morgan fingerprint density at radius 2 is 1.82 bits per heavy atom. The molecule has 0 saturated carbocycles. The molecule has 0 aliphatic rings. The second-order valence-corrected chi connectivity index (χ2v) is 6.93. The lowest BCUT2D eigenvalue weighted by Crippen LogP contribution is -2.17. The van der Waals surface area contributed by atoms with Crippen molar-refractivity contribution >= 4 is 5.78 Å². The Kier molecular flexibility index (Phi) is 7.95. The van der Waals surface area contributed by atoms with Gasteiger partial charge in [-0.15, -0.1) is 0 Å².